The van der Waals surface area contributed by atoms with E-state index in [-0.39, 0.29) is 12.6 Å². The van der Waals surface area contributed by atoms with Crippen LogP contribution in [-0.4, -0.2) is 36.9 Å². The van der Waals surface area contributed by atoms with Crippen molar-refractivity contribution in [2.45, 2.75) is 6.23 Å². The molecule has 0 bridgehead atoms. The summed E-state index contributed by atoms with van der Waals surface area (Å²) in [5.74, 6) is 1.38. The molecule has 120 valence electrons. The van der Waals surface area contributed by atoms with Gasteiger partial charge in [-0.2, -0.15) is 0 Å². The summed E-state index contributed by atoms with van der Waals surface area (Å²) in [7, 11) is 3.09. The second kappa shape index (κ2) is 6.18. The van der Waals surface area contributed by atoms with Crippen LogP contribution in [0.3, 0.4) is 0 Å². The fourth-order valence-electron chi connectivity index (χ4n) is 2.49. The van der Waals surface area contributed by atoms with Gasteiger partial charge in [0.25, 0.3) is 5.91 Å². The molecule has 0 saturated carbocycles. The molecule has 0 fully saturated rings. The van der Waals surface area contributed by atoms with Crippen molar-refractivity contribution in [1.29, 1.82) is 0 Å². The number of benzene rings is 2. The van der Waals surface area contributed by atoms with E-state index in [1.807, 2.05) is 0 Å². The first-order chi connectivity index (χ1) is 11.1. The molecule has 0 saturated heterocycles. The zero-order chi connectivity index (χ0) is 16.4. The molecule has 6 heteroatoms. The second-order valence-electron chi connectivity index (χ2n) is 5.06. The number of hydrogen-bond acceptors (Lipinski definition) is 5. The van der Waals surface area contributed by atoms with Gasteiger partial charge in [-0.25, -0.2) is 0 Å². The number of carbonyl (C=O) groups excluding carboxylic acids is 1. The fourth-order valence-corrected chi connectivity index (χ4v) is 2.49. The first-order valence-corrected chi connectivity index (χ1v) is 7.08. The number of aliphatic hydroxyl groups is 1. The Morgan fingerprint density at radius 1 is 1.04 bits per heavy atom. The summed E-state index contributed by atoms with van der Waals surface area (Å²) in [5.41, 5.74) is 1.08. The Labute approximate surface area is 133 Å². The highest BCUT2D eigenvalue weighted by molar-refractivity contribution is 5.98. The van der Waals surface area contributed by atoms with Crippen molar-refractivity contribution in [2.75, 3.05) is 21.0 Å². The zero-order valence-electron chi connectivity index (χ0n) is 12.9. The Balaban J connectivity index is 1.76. The zero-order valence-corrected chi connectivity index (χ0v) is 12.9. The van der Waals surface area contributed by atoms with Crippen molar-refractivity contribution in [1.82, 2.24) is 4.90 Å². The molecule has 0 aliphatic carbocycles. The number of ether oxygens (including phenoxy) is 3. The van der Waals surface area contributed by atoms with Gasteiger partial charge in [-0.15, -0.1) is 0 Å². The molecule has 1 amide bonds. The van der Waals surface area contributed by atoms with Crippen LogP contribution in [0.1, 0.15) is 22.1 Å². The Morgan fingerprint density at radius 3 is 2.26 bits per heavy atom. The van der Waals surface area contributed by atoms with Crippen LogP contribution in [0.2, 0.25) is 0 Å². The molecule has 0 radical (unpaired) electrons. The smallest absolute Gasteiger partial charge is 0.259 e. The molecule has 3 rings (SSSR count). The average molecular weight is 315 g/mol. The SMILES string of the molecule is COc1cc(OC)cc(OCN2C(=O)c3ccccc3C2O)c1. The van der Waals surface area contributed by atoms with Gasteiger partial charge in [0, 0.05) is 29.3 Å². The molecule has 1 aliphatic rings. The van der Waals surface area contributed by atoms with E-state index in [0.717, 1.165) is 0 Å². The lowest BCUT2D eigenvalue weighted by atomic mass is 10.1. The van der Waals surface area contributed by atoms with E-state index in [1.54, 1.807) is 56.7 Å². The highest BCUT2D eigenvalue weighted by Crippen LogP contribution is 2.32. The normalized spacial score (nSPS) is 16.2. The minimum atomic E-state index is -1.01. The number of carbonyl (C=O) groups is 1. The molecule has 1 heterocycles. The predicted molar refractivity (Wildman–Crippen MR) is 82.6 cm³/mol. The molecular formula is C17H17NO5. The first kappa shape index (κ1) is 15.2. The summed E-state index contributed by atoms with van der Waals surface area (Å²) >= 11 is 0. The summed E-state index contributed by atoms with van der Waals surface area (Å²) in [5, 5.41) is 10.3. The van der Waals surface area contributed by atoms with Crippen molar-refractivity contribution >= 4 is 5.91 Å². The summed E-state index contributed by atoms with van der Waals surface area (Å²) in [6.45, 7) is -0.0784. The monoisotopic (exact) mass is 315 g/mol. The Kier molecular flexibility index (Phi) is 4.08. The van der Waals surface area contributed by atoms with Crippen LogP contribution in [0.25, 0.3) is 0 Å². The van der Waals surface area contributed by atoms with Gasteiger partial charge >= 0.3 is 0 Å². The van der Waals surface area contributed by atoms with Crippen LogP contribution in [0.4, 0.5) is 0 Å². The van der Waals surface area contributed by atoms with Crippen molar-refractivity contribution in [3.8, 4) is 17.2 Å². The molecule has 0 spiro atoms. The molecule has 6 nitrogen and oxygen atoms in total. The molecule has 1 unspecified atom stereocenters. The number of methoxy groups -OCH3 is 2. The number of nitrogens with zero attached hydrogens (tertiary/aromatic N) is 1. The third kappa shape index (κ3) is 2.80. The van der Waals surface area contributed by atoms with Crippen LogP contribution in [0.5, 0.6) is 17.2 Å². The van der Waals surface area contributed by atoms with Gasteiger partial charge < -0.3 is 19.3 Å². The number of fused-ring (bicyclic) bond motifs is 1. The molecule has 1 aliphatic heterocycles. The van der Waals surface area contributed by atoms with Crippen molar-refractivity contribution in [3.05, 3.63) is 53.6 Å². The topological polar surface area (TPSA) is 68.2 Å². The van der Waals surface area contributed by atoms with Crippen LogP contribution < -0.4 is 14.2 Å². The average Bonchev–Trinajstić information content (AvgIpc) is 2.84. The Bertz CT molecular complexity index is 708. The number of aliphatic hydroxyl groups excluding tert-OH is 1. The molecule has 23 heavy (non-hydrogen) atoms. The van der Waals surface area contributed by atoms with Crippen LogP contribution >= 0.6 is 0 Å². The van der Waals surface area contributed by atoms with Crippen molar-refractivity contribution in [2.24, 2.45) is 0 Å². The number of hydrogen-bond donors (Lipinski definition) is 1. The second-order valence-corrected chi connectivity index (χ2v) is 5.06. The maximum absolute atomic E-state index is 12.3. The van der Waals surface area contributed by atoms with Crippen LogP contribution in [0.15, 0.2) is 42.5 Å². The maximum atomic E-state index is 12.3. The van der Waals surface area contributed by atoms with Gasteiger partial charge in [-0.05, 0) is 6.07 Å². The van der Waals surface area contributed by atoms with Gasteiger partial charge in [0.1, 0.15) is 17.2 Å². The fraction of sp³-hybridized carbons (Fsp3) is 0.235. The molecule has 2 aromatic rings. The Hall–Kier alpha value is -2.73. The van der Waals surface area contributed by atoms with Gasteiger partial charge in [0.05, 0.1) is 14.2 Å². The largest absolute Gasteiger partial charge is 0.496 e. The molecule has 1 N–H and O–H groups in total. The third-order valence-corrected chi connectivity index (χ3v) is 3.72. The highest BCUT2D eigenvalue weighted by atomic mass is 16.5. The van der Waals surface area contributed by atoms with E-state index in [0.29, 0.717) is 28.4 Å². The third-order valence-electron chi connectivity index (χ3n) is 3.72. The molecular weight excluding hydrogens is 298 g/mol. The van der Waals surface area contributed by atoms with Crippen LogP contribution in [-0.2, 0) is 0 Å². The summed E-state index contributed by atoms with van der Waals surface area (Å²) < 4.78 is 16.0. The van der Waals surface area contributed by atoms with Gasteiger partial charge in [-0.3, -0.25) is 9.69 Å². The van der Waals surface area contributed by atoms with E-state index in [4.69, 9.17) is 14.2 Å². The van der Waals surface area contributed by atoms with Crippen molar-refractivity contribution < 1.29 is 24.1 Å². The van der Waals surface area contributed by atoms with E-state index >= 15 is 0 Å². The lowest BCUT2D eigenvalue weighted by Crippen LogP contribution is -2.31. The maximum Gasteiger partial charge on any atom is 0.259 e. The summed E-state index contributed by atoms with van der Waals surface area (Å²) in [4.78, 5) is 13.6. The van der Waals surface area contributed by atoms with E-state index < -0.39 is 6.23 Å². The van der Waals surface area contributed by atoms with Crippen molar-refractivity contribution in [3.63, 3.8) is 0 Å². The predicted octanol–water partition coefficient (Wildman–Crippen LogP) is 2.19. The lowest BCUT2D eigenvalue weighted by Gasteiger charge is -2.21. The molecule has 0 aromatic heterocycles. The minimum absolute atomic E-state index is 0.0784. The standard InChI is InChI=1S/C17H17NO5/c1-21-11-7-12(22-2)9-13(8-11)23-10-18-16(19)14-5-3-4-6-15(14)17(18)20/h3-9,16,19H,10H2,1-2H3. The summed E-state index contributed by atoms with van der Waals surface area (Å²) in [6.07, 6.45) is -1.01. The van der Waals surface area contributed by atoms with Gasteiger partial charge in [0.15, 0.2) is 13.0 Å². The van der Waals surface area contributed by atoms with E-state index in [9.17, 15) is 9.90 Å². The van der Waals surface area contributed by atoms with E-state index in [2.05, 4.69) is 0 Å². The van der Waals surface area contributed by atoms with E-state index in [1.165, 1.54) is 4.90 Å². The number of amides is 1. The van der Waals surface area contributed by atoms with Crippen LogP contribution in [0, 0.1) is 0 Å². The first-order valence-electron chi connectivity index (χ1n) is 7.08. The molecule has 1 atom stereocenters. The number of rotatable bonds is 5. The highest BCUT2D eigenvalue weighted by Gasteiger charge is 2.35. The molecule has 2 aromatic carbocycles. The minimum Gasteiger partial charge on any atom is -0.496 e. The van der Waals surface area contributed by atoms with Gasteiger partial charge in [0.2, 0.25) is 0 Å². The lowest BCUT2D eigenvalue weighted by molar-refractivity contribution is -0.0141. The Morgan fingerprint density at radius 2 is 1.65 bits per heavy atom. The quantitative estimate of drug-likeness (QED) is 0.916. The van der Waals surface area contributed by atoms with Gasteiger partial charge in [-0.1, -0.05) is 18.2 Å². The summed E-state index contributed by atoms with van der Waals surface area (Å²) in [6, 6.07) is 12.1.